The molecule has 0 bridgehead atoms. The SMILES string of the molecule is Cc1cc(F)c2c(c1)COC(C)C2. The largest absolute Gasteiger partial charge is 0.373 e. The van der Waals surface area contributed by atoms with Gasteiger partial charge in [0.2, 0.25) is 0 Å². The van der Waals surface area contributed by atoms with E-state index in [1.807, 2.05) is 19.9 Å². The molecule has 1 nitrogen and oxygen atoms in total. The second-order valence-corrected chi connectivity index (χ2v) is 3.71. The molecule has 0 spiro atoms. The van der Waals surface area contributed by atoms with E-state index in [4.69, 9.17) is 4.74 Å². The van der Waals surface area contributed by atoms with Gasteiger partial charge >= 0.3 is 0 Å². The van der Waals surface area contributed by atoms with Gasteiger partial charge in [-0.3, -0.25) is 0 Å². The lowest BCUT2D eigenvalue weighted by atomic mass is 9.97. The van der Waals surface area contributed by atoms with Crippen LogP contribution in [0.15, 0.2) is 12.1 Å². The zero-order valence-electron chi connectivity index (χ0n) is 7.93. The Morgan fingerprint density at radius 3 is 3.00 bits per heavy atom. The number of fused-ring (bicyclic) bond motifs is 1. The van der Waals surface area contributed by atoms with Gasteiger partial charge in [0.05, 0.1) is 12.7 Å². The maximum Gasteiger partial charge on any atom is 0.127 e. The minimum atomic E-state index is -0.0786. The van der Waals surface area contributed by atoms with Crippen molar-refractivity contribution >= 4 is 0 Å². The van der Waals surface area contributed by atoms with Crippen molar-refractivity contribution in [3.63, 3.8) is 0 Å². The molecule has 1 aliphatic heterocycles. The summed E-state index contributed by atoms with van der Waals surface area (Å²) >= 11 is 0. The van der Waals surface area contributed by atoms with Crippen LogP contribution in [-0.4, -0.2) is 6.10 Å². The summed E-state index contributed by atoms with van der Waals surface area (Å²) in [6, 6.07) is 3.60. The van der Waals surface area contributed by atoms with E-state index in [-0.39, 0.29) is 11.9 Å². The zero-order valence-corrected chi connectivity index (χ0v) is 7.93. The highest BCUT2D eigenvalue weighted by Gasteiger charge is 2.18. The van der Waals surface area contributed by atoms with Gasteiger partial charge in [-0.25, -0.2) is 4.39 Å². The molecule has 0 N–H and O–H groups in total. The second kappa shape index (κ2) is 3.11. The average molecular weight is 180 g/mol. The molecule has 2 heteroatoms. The minimum Gasteiger partial charge on any atom is -0.373 e. The van der Waals surface area contributed by atoms with E-state index in [1.165, 1.54) is 0 Å². The summed E-state index contributed by atoms with van der Waals surface area (Å²) in [5.41, 5.74) is 2.81. The van der Waals surface area contributed by atoms with Crippen LogP contribution in [0.3, 0.4) is 0 Å². The molecule has 1 unspecified atom stereocenters. The molecule has 1 aromatic carbocycles. The van der Waals surface area contributed by atoms with Gasteiger partial charge in [0.1, 0.15) is 5.82 Å². The van der Waals surface area contributed by atoms with Crippen molar-refractivity contribution in [1.82, 2.24) is 0 Å². The van der Waals surface area contributed by atoms with Crippen molar-refractivity contribution in [1.29, 1.82) is 0 Å². The maximum atomic E-state index is 13.4. The molecule has 1 aromatic rings. The first-order valence-electron chi connectivity index (χ1n) is 4.56. The molecular weight excluding hydrogens is 167 g/mol. The highest BCUT2D eigenvalue weighted by atomic mass is 19.1. The first-order valence-corrected chi connectivity index (χ1v) is 4.56. The van der Waals surface area contributed by atoms with Gasteiger partial charge in [0.15, 0.2) is 0 Å². The number of hydrogen-bond acceptors (Lipinski definition) is 1. The Bertz CT molecular complexity index is 333. The standard InChI is InChI=1S/C11H13FO/c1-7-3-9-6-13-8(2)5-10(9)11(12)4-7/h3-4,8H,5-6H2,1-2H3. The molecule has 0 amide bonds. The fourth-order valence-electron chi connectivity index (χ4n) is 1.78. The van der Waals surface area contributed by atoms with Crippen molar-refractivity contribution in [2.24, 2.45) is 0 Å². The summed E-state index contributed by atoms with van der Waals surface area (Å²) < 4.78 is 18.9. The molecule has 1 heterocycles. The van der Waals surface area contributed by atoms with Gasteiger partial charge in [0, 0.05) is 6.42 Å². The van der Waals surface area contributed by atoms with Crippen LogP contribution in [0, 0.1) is 12.7 Å². The molecule has 0 saturated heterocycles. The molecule has 0 aliphatic carbocycles. The first kappa shape index (κ1) is 8.70. The van der Waals surface area contributed by atoms with Crippen LogP contribution >= 0.6 is 0 Å². The van der Waals surface area contributed by atoms with E-state index in [2.05, 4.69) is 0 Å². The Labute approximate surface area is 77.5 Å². The van der Waals surface area contributed by atoms with E-state index in [0.29, 0.717) is 13.0 Å². The molecule has 0 fully saturated rings. The van der Waals surface area contributed by atoms with E-state index in [9.17, 15) is 4.39 Å². The summed E-state index contributed by atoms with van der Waals surface area (Å²) in [5, 5.41) is 0. The Morgan fingerprint density at radius 2 is 2.23 bits per heavy atom. The molecule has 1 aliphatic rings. The predicted molar refractivity (Wildman–Crippen MR) is 49.1 cm³/mol. The van der Waals surface area contributed by atoms with Gasteiger partial charge < -0.3 is 4.74 Å². The number of ether oxygens (including phenoxy) is 1. The Morgan fingerprint density at radius 1 is 1.46 bits per heavy atom. The first-order chi connectivity index (χ1) is 6.16. The van der Waals surface area contributed by atoms with Crippen LogP contribution < -0.4 is 0 Å². The summed E-state index contributed by atoms with van der Waals surface area (Å²) in [5.74, 6) is -0.0786. The van der Waals surface area contributed by atoms with Crippen molar-refractivity contribution < 1.29 is 9.13 Å². The third kappa shape index (κ3) is 1.59. The quantitative estimate of drug-likeness (QED) is 0.596. The minimum absolute atomic E-state index is 0.0786. The lowest BCUT2D eigenvalue weighted by Gasteiger charge is -2.23. The van der Waals surface area contributed by atoms with Crippen molar-refractivity contribution in [3.05, 3.63) is 34.6 Å². The van der Waals surface area contributed by atoms with Crippen molar-refractivity contribution in [2.45, 2.75) is 33.0 Å². The summed E-state index contributed by atoms with van der Waals surface area (Å²) in [6.45, 7) is 4.43. The van der Waals surface area contributed by atoms with Gasteiger partial charge in [-0.15, -0.1) is 0 Å². The smallest absolute Gasteiger partial charge is 0.127 e. The normalized spacial score (nSPS) is 21.3. The third-order valence-corrected chi connectivity index (χ3v) is 2.45. The molecule has 0 aromatic heterocycles. The second-order valence-electron chi connectivity index (χ2n) is 3.71. The van der Waals surface area contributed by atoms with Gasteiger partial charge in [-0.1, -0.05) is 6.07 Å². The average Bonchev–Trinajstić information content (AvgIpc) is 2.06. The third-order valence-electron chi connectivity index (χ3n) is 2.45. The van der Waals surface area contributed by atoms with Gasteiger partial charge in [-0.2, -0.15) is 0 Å². The molecule has 13 heavy (non-hydrogen) atoms. The number of benzene rings is 1. The fraction of sp³-hybridized carbons (Fsp3) is 0.455. The molecule has 2 rings (SSSR count). The van der Waals surface area contributed by atoms with Gasteiger partial charge in [0.25, 0.3) is 0 Å². The summed E-state index contributed by atoms with van der Waals surface area (Å²) in [4.78, 5) is 0. The maximum absolute atomic E-state index is 13.4. The lowest BCUT2D eigenvalue weighted by Crippen LogP contribution is -2.20. The molecule has 70 valence electrons. The molecule has 1 atom stereocenters. The summed E-state index contributed by atoms with van der Waals surface area (Å²) in [7, 11) is 0. The summed E-state index contributed by atoms with van der Waals surface area (Å²) in [6.07, 6.45) is 0.839. The number of halogens is 1. The Kier molecular flexibility index (Phi) is 2.08. The lowest BCUT2D eigenvalue weighted by molar-refractivity contribution is 0.0398. The van der Waals surface area contributed by atoms with Crippen LogP contribution in [0.4, 0.5) is 4.39 Å². The number of aryl methyl sites for hydroxylation is 1. The van der Waals surface area contributed by atoms with Crippen LogP contribution in [0.5, 0.6) is 0 Å². The topological polar surface area (TPSA) is 9.23 Å². The van der Waals surface area contributed by atoms with Crippen molar-refractivity contribution in [3.8, 4) is 0 Å². The van der Waals surface area contributed by atoms with E-state index in [1.54, 1.807) is 6.07 Å². The van der Waals surface area contributed by atoms with E-state index < -0.39 is 0 Å². The molecular formula is C11H13FO. The van der Waals surface area contributed by atoms with E-state index in [0.717, 1.165) is 16.7 Å². The molecule has 0 radical (unpaired) electrons. The Hall–Kier alpha value is -0.890. The number of rotatable bonds is 0. The zero-order chi connectivity index (χ0) is 9.42. The number of hydrogen-bond donors (Lipinski definition) is 0. The highest BCUT2D eigenvalue weighted by molar-refractivity contribution is 5.34. The van der Waals surface area contributed by atoms with Gasteiger partial charge in [-0.05, 0) is 36.6 Å². The van der Waals surface area contributed by atoms with E-state index >= 15 is 0 Å². The van der Waals surface area contributed by atoms with Crippen LogP contribution in [0.25, 0.3) is 0 Å². The van der Waals surface area contributed by atoms with Crippen LogP contribution in [-0.2, 0) is 17.8 Å². The fourth-order valence-corrected chi connectivity index (χ4v) is 1.78. The monoisotopic (exact) mass is 180 g/mol. The van der Waals surface area contributed by atoms with Crippen molar-refractivity contribution in [2.75, 3.05) is 0 Å². The predicted octanol–water partition coefficient (Wildman–Crippen LogP) is 2.60. The highest BCUT2D eigenvalue weighted by Crippen LogP contribution is 2.24. The molecule has 0 saturated carbocycles. The Balaban J connectivity index is 2.47. The van der Waals surface area contributed by atoms with Crippen LogP contribution in [0.1, 0.15) is 23.6 Å². The van der Waals surface area contributed by atoms with Crippen LogP contribution in [0.2, 0.25) is 0 Å².